The molecule has 0 aromatic rings. The van der Waals surface area contributed by atoms with Crippen LogP contribution in [0, 0.1) is 5.41 Å². The maximum Gasteiger partial charge on any atom is 0.187 e. The van der Waals surface area contributed by atoms with Gasteiger partial charge in [0.1, 0.15) is 24.4 Å². The molecule has 1 heterocycles. The quantitative estimate of drug-likeness (QED) is 0.425. The highest BCUT2D eigenvalue weighted by Gasteiger charge is 2.43. The summed E-state index contributed by atoms with van der Waals surface area (Å²) in [6.07, 6.45) is 9.62. The van der Waals surface area contributed by atoms with Crippen molar-refractivity contribution in [1.29, 1.82) is 0 Å². The first-order valence-corrected chi connectivity index (χ1v) is 11.4. The molecular formula is C26H40O6. The summed E-state index contributed by atoms with van der Waals surface area (Å²) in [6, 6.07) is 0. The van der Waals surface area contributed by atoms with Crippen LogP contribution in [0.4, 0.5) is 0 Å². The Kier molecular flexibility index (Phi) is 10.1. The van der Waals surface area contributed by atoms with E-state index in [0.29, 0.717) is 0 Å². The van der Waals surface area contributed by atoms with Crippen molar-refractivity contribution in [3.8, 4) is 0 Å². The van der Waals surface area contributed by atoms with E-state index in [9.17, 15) is 20.4 Å². The molecule has 1 aliphatic heterocycles. The van der Waals surface area contributed by atoms with Crippen molar-refractivity contribution >= 4 is 0 Å². The maximum absolute atomic E-state index is 9.99. The van der Waals surface area contributed by atoms with E-state index >= 15 is 0 Å². The summed E-state index contributed by atoms with van der Waals surface area (Å²) in [6.45, 7) is 10.6. The number of hydrogen-bond acceptors (Lipinski definition) is 6. The molecule has 32 heavy (non-hydrogen) atoms. The fourth-order valence-corrected chi connectivity index (χ4v) is 4.18. The third kappa shape index (κ3) is 7.24. The molecule has 0 saturated carbocycles. The second-order valence-corrected chi connectivity index (χ2v) is 9.51. The Balaban J connectivity index is 1.88. The van der Waals surface area contributed by atoms with E-state index in [2.05, 4.69) is 45.9 Å². The lowest BCUT2D eigenvalue weighted by Gasteiger charge is -2.39. The highest BCUT2D eigenvalue weighted by Crippen LogP contribution is 2.40. The van der Waals surface area contributed by atoms with Crippen molar-refractivity contribution in [2.45, 2.75) is 84.6 Å². The van der Waals surface area contributed by atoms with Crippen LogP contribution in [0.1, 0.15) is 53.9 Å². The summed E-state index contributed by atoms with van der Waals surface area (Å²) in [5.74, 6) is 0. The smallest absolute Gasteiger partial charge is 0.187 e. The van der Waals surface area contributed by atoms with Crippen molar-refractivity contribution < 1.29 is 29.9 Å². The van der Waals surface area contributed by atoms with Gasteiger partial charge in [-0.1, -0.05) is 67.0 Å². The second-order valence-electron chi connectivity index (χ2n) is 9.51. The predicted molar refractivity (Wildman–Crippen MR) is 126 cm³/mol. The van der Waals surface area contributed by atoms with Gasteiger partial charge in [-0.3, -0.25) is 0 Å². The van der Waals surface area contributed by atoms with Crippen LogP contribution in [0.2, 0.25) is 0 Å². The average Bonchev–Trinajstić information content (AvgIpc) is 2.73. The van der Waals surface area contributed by atoms with Crippen molar-refractivity contribution in [1.82, 2.24) is 0 Å². The molecule has 0 bridgehead atoms. The van der Waals surface area contributed by atoms with Crippen molar-refractivity contribution in [3.05, 3.63) is 58.7 Å². The van der Waals surface area contributed by atoms with Crippen LogP contribution < -0.4 is 0 Å². The maximum atomic E-state index is 9.99. The van der Waals surface area contributed by atoms with Gasteiger partial charge >= 0.3 is 0 Å². The van der Waals surface area contributed by atoms with Crippen LogP contribution in [0.5, 0.6) is 0 Å². The minimum atomic E-state index is -1.43. The topological polar surface area (TPSA) is 99.4 Å². The van der Waals surface area contributed by atoms with Crippen LogP contribution >= 0.6 is 0 Å². The molecule has 2 rings (SSSR count). The zero-order chi connectivity index (χ0) is 23.9. The zero-order valence-corrected chi connectivity index (χ0v) is 20.0. The number of allylic oxidation sites excluding steroid dienone is 9. The molecule has 2 aliphatic rings. The molecule has 6 nitrogen and oxygen atoms in total. The Morgan fingerprint density at radius 2 is 1.81 bits per heavy atom. The fourth-order valence-electron chi connectivity index (χ4n) is 4.18. The van der Waals surface area contributed by atoms with Crippen molar-refractivity contribution in [2.24, 2.45) is 5.41 Å². The van der Waals surface area contributed by atoms with Crippen LogP contribution in [-0.2, 0) is 9.47 Å². The summed E-state index contributed by atoms with van der Waals surface area (Å²) in [4.78, 5) is 0. The van der Waals surface area contributed by atoms with Gasteiger partial charge in [0.2, 0.25) is 0 Å². The van der Waals surface area contributed by atoms with Gasteiger partial charge in [-0.05, 0) is 51.0 Å². The van der Waals surface area contributed by atoms with Gasteiger partial charge in [0, 0.05) is 0 Å². The van der Waals surface area contributed by atoms with Crippen LogP contribution in [-0.4, -0.2) is 64.3 Å². The standard InChI is InChI=1S/C26H40O6/c1-17(11-12-20-19(3)10-7-14-26(20,4)5)8-6-9-18(2)13-15-31-25-24(30)23(29)22(28)21(16-27)32-25/h6,8-9,11-13,21-25,27-30H,7,10,14-16H2,1-5H3/b9-6+,12-11+,17-8+,18-13+. The van der Waals surface area contributed by atoms with Crippen LogP contribution in [0.25, 0.3) is 0 Å². The molecule has 4 N–H and O–H groups in total. The molecule has 5 unspecified atom stereocenters. The first-order valence-electron chi connectivity index (χ1n) is 11.4. The molecule has 0 amide bonds. The van der Waals surface area contributed by atoms with E-state index in [1.165, 1.54) is 30.4 Å². The predicted octanol–water partition coefficient (Wildman–Crippen LogP) is 3.33. The Bertz CT molecular complexity index is 771. The molecule has 1 fully saturated rings. The number of aliphatic hydroxyl groups is 4. The van der Waals surface area contributed by atoms with Crippen molar-refractivity contribution in [3.63, 3.8) is 0 Å². The molecule has 0 aromatic heterocycles. The molecule has 0 radical (unpaired) electrons. The van der Waals surface area contributed by atoms with Gasteiger partial charge in [0.05, 0.1) is 13.2 Å². The summed E-state index contributed by atoms with van der Waals surface area (Å²) >= 11 is 0. The molecule has 180 valence electrons. The van der Waals surface area contributed by atoms with Gasteiger partial charge in [-0.2, -0.15) is 0 Å². The SMILES string of the molecule is CC1=C(/C=C/C(C)=C/C=C/C(C)=C/COC2OC(CO)C(O)C(O)C2O)C(C)(C)CCC1. The van der Waals surface area contributed by atoms with E-state index in [4.69, 9.17) is 9.47 Å². The lowest BCUT2D eigenvalue weighted by molar-refractivity contribution is -0.298. The number of ether oxygens (including phenoxy) is 2. The van der Waals surface area contributed by atoms with Gasteiger partial charge in [0.25, 0.3) is 0 Å². The number of rotatable bonds is 8. The lowest BCUT2D eigenvalue weighted by Crippen LogP contribution is -2.59. The van der Waals surface area contributed by atoms with E-state index in [0.717, 1.165) is 11.1 Å². The largest absolute Gasteiger partial charge is 0.394 e. The number of hydrogen-bond donors (Lipinski definition) is 4. The van der Waals surface area contributed by atoms with E-state index < -0.39 is 37.3 Å². The minimum Gasteiger partial charge on any atom is -0.394 e. The normalized spacial score (nSPS) is 32.3. The Hall–Kier alpha value is -1.54. The molecule has 0 aromatic carbocycles. The molecule has 6 heteroatoms. The summed E-state index contributed by atoms with van der Waals surface area (Å²) < 4.78 is 10.8. The highest BCUT2D eigenvalue weighted by atomic mass is 16.7. The fraction of sp³-hybridized carbons (Fsp3) is 0.615. The van der Waals surface area contributed by atoms with E-state index in [-0.39, 0.29) is 12.0 Å². The summed E-state index contributed by atoms with van der Waals surface area (Å²) in [5, 5.41) is 38.8. The van der Waals surface area contributed by atoms with Crippen LogP contribution in [0.15, 0.2) is 58.7 Å². The van der Waals surface area contributed by atoms with E-state index in [1.807, 2.05) is 25.2 Å². The third-order valence-corrected chi connectivity index (χ3v) is 6.29. The highest BCUT2D eigenvalue weighted by molar-refractivity contribution is 5.37. The third-order valence-electron chi connectivity index (χ3n) is 6.29. The van der Waals surface area contributed by atoms with Crippen LogP contribution in [0.3, 0.4) is 0 Å². The molecule has 1 saturated heterocycles. The Morgan fingerprint density at radius 3 is 2.47 bits per heavy atom. The molecule has 5 atom stereocenters. The Labute approximate surface area is 192 Å². The summed E-state index contributed by atoms with van der Waals surface area (Å²) in [5.41, 5.74) is 5.29. The molecule has 0 spiro atoms. The zero-order valence-electron chi connectivity index (χ0n) is 20.0. The van der Waals surface area contributed by atoms with Gasteiger partial charge < -0.3 is 29.9 Å². The average molecular weight is 449 g/mol. The van der Waals surface area contributed by atoms with Gasteiger partial charge in [-0.15, -0.1) is 0 Å². The lowest BCUT2D eigenvalue weighted by atomic mass is 9.72. The molecular weight excluding hydrogens is 408 g/mol. The molecule has 1 aliphatic carbocycles. The monoisotopic (exact) mass is 448 g/mol. The summed E-state index contributed by atoms with van der Waals surface area (Å²) in [7, 11) is 0. The van der Waals surface area contributed by atoms with Gasteiger partial charge in [0.15, 0.2) is 6.29 Å². The number of aliphatic hydroxyl groups excluding tert-OH is 4. The minimum absolute atomic E-state index is 0.157. The first kappa shape index (κ1) is 26.7. The van der Waals surface area contributed by atoms with Gasteiger partial charge in [-0.25, -0.2) is 0 Å². The van der Waals surface area contributed by atoms with E-state index in [1.54, 1.807) is 0 Å². The second kappa shape index (κ2) is 12.1. The van der Waals surface area contributed by atoms with Crippen molar-refractivity contribution in [2.75, 3.05) is 13.2 Å². The first-order chi connectivity index (χ1) is 15.1. The Morgan fingerprint density at radius 1 is 1.09 bits per heavy atom.